The molecule has 0 amide bonds. The molecule has 0 aromatic heterocycles. The number of nitrogens with zero attached hydrogens (tertiary/aromatic N) is 1. The molecule has 0 spiro atoms. The van der Waals surface area contributed by atoms with Crippen molar-refractivity contribution in [1.82, 2.24) is 5.32 Å². The Labute approximate surface area is 101 Å². The van der Waals surface area contributed by atoms with Crippen LogP contribution in [0.25, 0.3) is 0 Å². The molecule has 0 radical (unpaired) electrons. The predicted molar refractivity (Wildman–Crippen MR) is 65.1 cm³/mol. The van der Waals surface area contributed by atoms with E-state index in [4.69, 9.17) is 5.26 Å². The van der Waals surface area contributed by atoms with Gasteiger partial charge in [0.25, 0.3) is 0 Å². The molecule has 0 saturated heterocycles. The van der Waals surface area contributed by atoms with Gasteiger partial charge < -0.3 is 4.79 Å². The number of carbonyl (C=O) groups excluding carboxylic acids is 1. The molecule has 0 heterocycles. The molecule has 1 aliphatic rings. The second-order valence-electron chi connectivity index (χ2n) is 4.71. The Hall–Kier alpha value is -1.66. The van der Waals surface area contributed by atoms with E-state index in [0.29, 0.717) is 0 Å². The van der Waals surface area contributed by atoms with Crippen molar-refractivity contribution < 1.29 is 4.79 Å². The van der Waals surface area contributed by atoms with Gasteiger partial charge in [0.1, 0.15) is 12.3 Å². The highest BCUT2D eigenvalue weighted by Gasteiger charge is 2.50. The molecule has 2 atom stereocenters. The molecular formula is C14H16N2O. The van der Waals surface area contributed by atoms with E-state index in [1.807, 2.05) is 37.3 Å². The van der Waals surface area contributed by atoms with Crippen molar-refractivity contribution in [3.05, 3.63) is 35.9 Å². The minimum Gasteiger partial charge on any atom is -0.303 e. The SMILES string of the molecule is C[C@H](NC(C#N)C1(C=O)CC1)c1ccccc1. The molecule has 1 saturated carbocycles. The number of benzene rings is 1. The number of rotatable bonds is 5. The Morgan fingerprint density at radius 1 is 1.41 bits per heavy atom. The lowest BCUT2D eigenvalue weighted by atomic mass is 9.97. The van der Waals surface area contributed by atoms with Crippen LogP contribution in [0.4, 0.5) is 0 Å². The van der Waals surface area contributed by atoms with Crippen LogP contribution in [0.15, 0.2) is 30.3 Å². The molecule has 1 aliphatic carbocycles. The van der Waals surface area contributed by atoms with Gasteiger partial charge in [-0.2, -0.15) is 5.26 Å². The zero-order chi connectivity index (χ0) is 12.3. The van der Waals surface area contributed by atoms with E-state index in [2.05, 4.69) is 11.4 Å². The highest BCUT2D eigenvalue weighted by molar-refractivity contribution is 5.66. The van der Waals surface area contributed by atoms with Crippen molar-refractivity contribution >= 4 is 6.29 Å². The summed E-state index contributed by atoms with van der Waals surface area (Å²) in [6, 6.07) is 11.9. The molecule has 1 unspecified atom stereocenters. The van der Waals surface area contributed by atoms with Crippen molar-refractivity contribution in [2.45, 2.75) is 31.8 Å². The van der Waals surface area contributed by atoms with E-state index < -0.39 is 5.41 Å². The van der Waals surface area contributed by atoms with Gasteiger partial charge in [0.2, 0.25) is 0 Å². The normalized spacial score (nSPS) is 20.0. The molecule has 1 fully saturated rings. The number of aldehydes is 1. The summed E-state index contributed by atoms with van der Waals surface area (Å²) in [5, 5.41) is 12.4. The maximum absolute atomic E-state index is 11.0. The Balaban J connectivity index is 2.06. The first-order valence-electron chi connectivity index (χ1n) is 5.89. The van der Waals surface area contributed by atoms with Crippen molar-refractivity contribution in [2.75, 3.05) is 0 Å². The van der Waals surface area contributed by atoms with Crippen molar-refractivity contribution in [1.29, 1.82) is 5.26 Å². The highest BCUT2D eigenvalue weighted by Crippen LogP contribution is 2.47. The lowest BCUT2D eigenvalue weighted by molar-refractivity contribution is -0.112. The summed E-state index contributed by atoms with van der Waals surface area (Å²) in [5.41, 5.74) is 0.701. The minimum atomic E-state index is -0.433. The van der Waals surface area contributed by atoms with Crippen LogP contribution in [0.1, 0.15) is 31.4 Å². The minimum absolute atomic E-state index is 0.0817. The fourth-order valence-corrected chi connectivity index (χ4v) is 2.04. The van der Waals surface area contributed by atoms with E-state index >= 15 is 0 Å². The van der Waals surface area contributed by atoms with Gasteiger partial charge in [-0.1, -0.05) is 30.3 Å². The third-order valence-electron chi connectivity index (χ3n) is 3.48. The highest BCUT2D eigenvalue weighted by atomic mass is 16.1. The third-order valence-corrected chi connectivity index (χ3v) is 3.48. The Bertz CT molecular complexity index is 431. The predicted octanol–water partition coefficient (Wildman–Crippen LogP) is 2.21. The van der Waals surface area contributed by atoms with Crippen LogP contribution >= 0.6 is 0 Å². The van der Waals surface area contributed by atoms with Gasteiger partial charge in [-0.3, -0.25) is 5.32 Å². The van der Waals surface area contributed by atoms with Gasteiger partial charge in [-0.25, -0.2) is 0 Å². The maximum Gasteiger partial charge on any atom is 0.128 e. The Kier molecular flexibility index (Phi) is 3.26. The van der Waals surface area contributed by atoms with Crippen LogP contribution in [-0.2, 0) is 4.79 Å². The third kappa shape index (κ3) is 2.37. The van der Waals surface area contributed by atoms with Crippen LogP contribution in [0.5, 0.6) is 0 Å². The molecule has 1 aromatic carbocycles. The summed E-state index contributed by atoms with van der Waals surface area (Å²) in [4.78, 5) is 11.0. The number of nitriles is 1. The molecular weight excluding hydrogens is 212 g/mol. The van der Waals surface area contributed by atoms with Crippen LogP contribution < -0.4 is 5.32 Å². The molecule has 1 N–H and O–H groups in total. The zero-order valence-electron chi connectivity index (χ0n) is 9.89. The van der Waals surface area contributed by atoms with E-state index in [-0.39, 0.29) is 12.1 Å². The summed E-state index contributed by atoms with van der Waals surface area (Å²) in [5.74, 6) is 0. The second-order valence-corrected chi connectivity index (χ2v) is 4.71. The van der Waals surface area contributed by atoms with E-state index in [1.54, 1.807) is 0 Å². The number of hydrogen-bond donors (Lipinski definition) is 1. The lowest BCUT2D eigenvalue weighted by Gasteiger charge is -2.22. The average molecular weight is 228 g/mol. The van der Waals surface area contributed by atoms with Gasteiger partial charge in [-0.15, -0.1) is 0 Å². The number of hydrogen-bond acceptors (Lipinski definition) is 3. The first kappa shape index (κ1) is 11.8. The maximum atomic E-state index is 11.0. The Morgan fingerprint density at radius 3 is 2.53 bits per heavy atom. The molecule has 0 bridgehead atoms. The van der Waals surface area contributed by atoms with Gasteiger partial charge in [0.15, 0.2) is 0 Å². The topological polar surface area (TPSA) is 52.9 Å². The van der Waals surface area contributed by atoms with Crippen LogP contribution in [0.2, 0.25) is 0 Å². The van der Waals surface area contributed by atoms with E-state index in [0.717, 1.165) is 24.7 Å². The molecule has 88 valence electrons. The monoisotopic (exact) mass is 228 g/mol. The summed E-state index contributed by atoms with van der Waals surface area (Å²) >= 11 is 0. The summed E-state index contributed by atoms with van der Waals surface area (Å²) in [7, 11) is 0. The second kappa shape index (κ2) is 4.68. The van der Waals surface area contributed by atoms with Crippen molar-refractivity contribution in [3.63, 3.8) is 0 Å². The van der Waals surface area contributed by atoms with Gasteiger partial charge >= 0.3 is 0 Å². The smallest absolute Gasteiger partial charge is 0.128 e. The fraction of sp³-hybridized carbons (Fsp3) is 0.429. The first-order chi connectivity index (χ1) is 8.22. The molecule has 3 heteroatoms. The largest absolute Gasteiger partial charge is 0.303 e. The zero-order valence-corrected chi connectivity index (χ0v) is 9.89. The van der Waals surface area contributed by atoms with Crippen molar-refractivity contribution in [2.24, 2.45) is 5.41 Å². The van der Waals surface area contributed by atoms with E-state index in [9.17, 15) is 4.79 Å². The fourth-order valence-electron chi connectivity index (χ4n) is 2.04. The van der Waals surface area contributed by atoms with Gasteiger partial charge in [-0.05, 0) is 25.3 Å². The van der Waals surface area contributed by atoms with Gasteiger partial charge in [0.05, 0.1) is 11.5 Å². The molecule has 17 heavy (non-hydrogen) atoms. The molecule has 0 aliphatic heterocycles. The Morgan fingerprint density at radius 2 is 2.06 bits per heavy atom. The lowest BCUT2D eigenvalue weighted by Crippen LogP contribution is -2.38. The number of carbonyl (C=O) groups is 1. The number of nitrogens with one attached hydrogen (secondary N) is 1. The summed E-state index contributed by atoms with van der Waals surface area (Å²) in [6.45, 7) is 2.01. The molecule has 2 rings (SSSR count). The van der Waals surface area contributed by atoms with Crippen LogP contribution in [0, 0.1) is 16.7 Å². The summed E-state index contributed by atoms with van der Waals surface area (Å²) in [6.07, 6.45) is 2.58. The van der Waals surface area contributed by atoms with Gasteiger partial charge in [0, 0.05) is 6.04 Å². The first-order valence-corrected chi connectivity index (χ1v) is 5.89. The molecule has 1 aromatic rings. The molecule has 3 nitrogen and oxygen atoms in total. The van der Waals surface area contributed by atoms with E-state index in [1.165, 1.54) is 0 Å². The standard InChI is InChI=1S/C14H16N2O/c1-11(12-5-3-2-4-6-12)16-13(9-15)14(10-17)7-8-14/h2-6,10-11,13,16H,7-8H2,1H3/t11-,13?/m0/s1. The van der Waals surface area contributed by atoms with Crippen LogP contribution in [-0.4, -0.2) is 12.3 Å². The van der Waals surface area contributed by atoms with Crippen molar-refractivity contribution in [3.8, 4) is 6.07 Å². The van der Waals surface area contributed by atoms with Crippen LogP contribution in [0.3, 0.4) is 0 Å². The average Bonchev–Trinajstić information content (AvgIpc) is 3.17. The quantitative estimate of drug-likeness (QED) is 0.786. The summed E-state index contributed by atoms with van der Waals surface area (Å²) < 4.78 is 0.